The minimum absolute atomic E-state index is 0.0136. The second-order valence-corrected chi connectivity index (χ2v) is 7.58. The SMILES string of the molecule is Cc1cc(-c2c(F)cnc3c2ccn3CC(=O)Nc2ccc(C3=CNCC=N3)cn2)ccn1. The van der Waals surface area contributed by atoms with Gasteiger partial charge in [-0.25, -0.2) is 14.4 Å². The Labute approximate surface area is 188 Å². The van der Waals surface area contributed by atoms with Crippen molar-refractivity contribution in [3.8, 4) is 11.1 Å². The van der Waals surface area contributed by atoms with Crippen molar-refractivity contribution in [2.24, 2.45) is 4.99 Å². The Morgan fingerprint density at radius 3 is 2.82 bits per heavy atom. The highest BCUT2D eigenvalue weighted by Crippen LogP contribution is 2.31. The van der Waals surface area contributed by atoms with Crippen LogP contribution < -0.4 is 10.6 Å². The molecule has 9 heteroatoms. The molecule has 4 aromatic rings. The van der Waals surface area contributed by atoms with Gasteiger partial charge in [0, 0.05) is 59.8 Å². The highest BCUT2D eigenvalue weighted by atomic mass is 19.1. The number of nitrogens with one attached hydrogen (secondary N) is 2. The first-order chi connectivity index (χ1) is 16.1. The van der Waals surface area contributed by atoms with E-state index in [0.29, 0.717) is 34.5 Å². The van der Waals surface area contributed by atoms with E-state index in [1.165, 1.54) is 6.20 Å². The molecule has 0 aromatic carbocycles. The minimum Gasteiger partial charge on any atom is -0.384 e. The van der Waals surface area contributed by atoms with Crippen LogP contribution in [0, 0.1) is 12.7 Å². The molecule has 33 heavy (non-hydrogen) atoms. The predicted octanol–water partition coefficient (Wildman–Crippen LogP) is 3.55. The van der Waals surface area contributed by atoms with Crippen molar-refractivity contribution >= 4 is 34.7 Å². The summed E-state index contributed by atoms with van der Waals surface area (Å²) < 4.78 is 16.4. The number of rotatable bonds is 5. The molecule has 0 fully saturated rings. The van der Waals surface area contributed by atoms with Crippen molar-refractivity contribution in [3.63, 3.8) is 0 Å². The molecule has 1 amide bonds. The molecule has 0 radical (unpaired) electrons. The van der Waals surface area contributed by atoms with Crippen LogP contribution in [-0.4, -0.2) is 38.2 Å². The minimum atomic E-state index is -0.424. The molecule has 0 saturated carbocycles. The maximum Gasteiger partial charge on any atom is 0.245 e. The van der Waals surface area contributed by atoms with Gasteiger partial charge in [-0.05, 0) is 42.8 Å². The Morgan fingerprint density at radius 1 is 1.15 bits per heavy atom. The van der Waals surface area contributed by atoms with Crippen molar-refractivity contribution in [3.05, 3.63) is 78.4 Å². The lowest BCUT2D eigenvalue weighted by atomic mass is 10.0. The lowest BCUT2D eigenvalue weighted by molar-refractivity contribution is -0.116. The number of aryl methyl sites for hydroxylation is 1. The molecule has 164 valence electrons. The second-order valence-electron chi connectivity index (χ2n) is 7.58. The van der Waals surface area contributed by atoms with Gasteiger partial charge < -0.3 is 15.2 Å². The molecule has 8 nitrogen and oxygen atoms in total. The number of anilines is 1. The second kappa shape index (κ2) is 8.62. The van der Waals surface area contributed by atoms with Gasteiger partial charge in [0.15, 0.2) is 0 Å². The number of halogens is 1. The third-order valence-corrected chi connectivity index (χ3v) is 5.25. The first-order valence-electron chi connectivity index (χ1n) is 10.4. The lowest BCUT2D eigenvalue weighted by Crippen LogP contribution is -2.19. The monoisotopic (exact) mass is 441 g/mol. The number of aromatic nitrogens is 4. The van der Waals surface area contributed by atoms with E-state index < -0.39 is 5.82 Å². The van der Waals surface area contributed by atoms with Crippen molar-refractivity contribution in [1.82, 2.24) is 24.8 Å². The summed E-state index contributed by atoms with van der Waals surface area (Å²) in [5, 5.41) is 6.51. The zero-order chi connectivity index (χ0) is 22.8. The number of amides is 1. The van der Waals surface area contributed by atoms with Gasteiger partial charge in [0.1, 0.15) is 23.8 Å². The first kappa shape index (κ1) is 20.5. The molecule has 1 aliphatic rings. The molecule has 4 aromatic heterocycles. The Morgan fingerprint density at radius 2 is 2.06 bits per heavy atom. The molecule has 5 rings (SSSR count). The number of carbonyl (C=O) groups is 1. The van der Waals surface area contributed by atoms with Gasteiger partial charge in [-0.2, -0.15) is 0 Å². The van der Waals surface area contributed by atoms with Gasteiger partial charge in [-0.3, -0.25) is 14.8 Å². The fraction of sp³-hybridized carbons (Fsp3) is 0.125. The molecule has 5 heterocycles. The summed E-state index contributed by atoms with van der Waals surface area (Å²) in [6.45, 7) is 2.57. The fourth-order valence-corrected chi connectivity index (χ4v) is 3.74. The molecule has 2 N–H and O–H groups in total. The number of pyridine rings is 3. The zero-order valence-electron chi connectivity index (χ0n) is 17.8. The van der Waals surface area contributed by atoms with E-state index in [9.17, 15) is 9.18 Å². The Hall–Kier alpha value is -4.40. The van der Waals surface area contributed by atoms with Crippen LogP contribution in [0.4, 0.5) is 10.2 Å². The van der Waals surface area contributed by atoms with Gasteiger partial charge >= 0.3 is 0 Å². The summed E-state index contributed by atoms with van der Waals surface area (Å²) in [7, 11) is 0. The van der Waals surface area contributed by atoms with E-state index in [1.54, 1.807) is 47.6 Å². The van der Waals surface area contributed by atoms with Gasteiger partial charge in [-0.1, -0.05) is 0 Å². The standard InChI is InChI=1S/C24H20FN7O/c1-15-10-16(4-6-27-15)23-18-5-9-32(24(18)30-12-19(23)25)14-22(33)31-21-3-2-17(11-29-21)20-13-26-7-8-28-20/h2-6,8-13,26H,7,14H2,1H3,(H,29,31,33). The van der Waals surface area contributed by atoms with Gasteiger partial charge in [0.05, 0.1) is 11.9 Å². The summed E-state index contributed by atoms with van der Waals surface area (Å²) in [5.41, 5.74) is 4.09. The summed E-state index contributed by atoms with van der Waals surface area (Å²) in [6, 6.07) is 8.92. The van der Waals surface area contributed by atoms with E-state index in [2.05, 4.69) is 30.6 Å². The summed E-state index contributed by atoms with van der Waals surface area (Å²) in [5.74, 6) is -0.260. The van der Waals surface area contributed by atoms with Crippen LogP contribution in [0.15, 0.2) is 66.3 Å². The molecular formula is C24H20FN7O. The maximum absolute atomic E-state index is 14.7. The highest BCUT2D eigenvalue weighted by molar-refractivity contribution is 5.95. The first-order valence-corrected chi connectivity index (χ1v) is 10.4. The van der Waals surface area contributed by atoms with Crippen LogP contribution in [-0.2, 0) is 11.3 Å². The highest BCUT2D eigenvalue weighted by Gasteiger charge is 2.16. The quantitative estimate of drug-likeness (QED) is 0.494. The molecular weight excluding hydrogens is 421 g/mol. The number of carbonyl (C=O) groups excluding carboxylic acids is 1. The lowest BCUT2D eigenvalue weighted by Gasteiger charge is -2.10. The number of fused-ring (bicyclic) bond motifs is 1. The molecule has 0 saturated heterocycles. The van der Waals surface area contributed by atoms with Crippen molar-refractivity contribution < 1.29 is 9.18 Å². The van der Waals surface area contributed by atoms with Crippen molar-refractivity contribution in [2.75, 3.05) is 11.9 Å². The molecule has 0 atom stereocenters. The third kappa shape index (κ3) is 4.20. The smallest absolute Gasteiger partial charge is 0.245 e. The van der Waals surface area contributed by atoms with Gasteiger partial charge in [0.25, 0.3) is 0 Å². The fourth-order valence-electron chi connectivity index (χ4n) is 3.74. The number of nitrogens with zero attached hydrogens (tertiary/aromatic N) is 5. The van der Waals surface area contributed by atoms with Gasteiger partial charge in [0.2, 0.25) is 5.91 Å². The molecule has 1 aliphatic heterocycles. The van der Waals surface area contributed by atoms with Crippen molar-refractivity contribution in [2.45, 2.75) is 13.5 Å². The largest absolute Gasteiger partial charge is 0.384 e. The Bertz CT molecular complexity index is 1410. The molecule has 0 spiro atoms. The topological polar surface area (TPSA) is 97.1 Å². The number of aliphatic imine (C=N–C) groups is 1. The van der Waals surface area contributed by atoms with E-state index in [0.717, 1.165) is 17.0 Å². The van der Waals surface area contributed by atoms with Crippen LogP contribution in [0.3, 0.4) is 0 Å². The summed E-state index contributed by atoms with van der Waals surface area (Å²) in [6.07, 6.45) is 9.82. The van der Waals surface area contributed by atoms with E-state index >= 15 is 0 Å². The van der Waals surface area contributed by atoms with Crippen LogP contribution in [0.2, 0.25) is 0 Å². The van der Waals surface area contributed by atoms with E-state index in [1.807, 2.05) is 25.3 Å². The number of hydrogen-bond donors (Lipinski definition) is 2. The van der Waals surface area contributed by atoms with Crippen LogP contribution >= 0.6 is 0 Å². The maximum atomic E-state index is 14.7. The summed E-state index contributed by atoms with van der Waals surface area (Å²) in [4.78, 5) is 29.7. The third-order valence-electron chi connectivity index (χ3n) is 5.25. The van der Waals surface area contributed by atoms with Gasteiger partial charge in [-0.15, -0.1) is 0 Å². The van der Waals surface area contributed by atoms with E-state index in [4.69, 9.17) is 0 Å². The average molecular weight is 441 g/mol. The zero-order valence-corrected chi connectivity index (χ0v) is 17.8. The molecule has 0 bridgehead atoms. The van der Waals surface area contributed by atoms with Crippen LogP contribution in [0.25, 0.3) is 27.9 Å². The van der Waals surface area contributed by atoms with Crippen LogP contribution in [0.1, 0.15) is 11.3 Å². The predicted molar refractivity (Wildman–Crippen MR) is 125 cm³/mol. The van der Waals surface area contributed by atoms with Crippen LogP contribution in [0.5, 0.6) is 0 Å². The number of hydrogen-bond acceptors (Lipinski definition) is 6. The Kier molecular flexibility index (Phi) is 5.35. The van der Waals surface area contributed by atoms with Crippen molar-refractivity contribution in [1.29, 1.82) is 0 Å². The normalized spacial score (nSPS) is 13.0. The molecule has 0 unspecified atom stereocenters. The molecule has 0 aliphatic carbocycles. The average Bonchev–Trinajstić information content (AvgIpc) is 3.22. The van der Waals surface area contributed by atoms with E-state index in [-0.39, 0.29) is 12.5 Å². The summed E-state index contributed by atoms with van der Waals surface area (Å²) >= 11 is 0. The Balaban J connectivity index is 1.35.